The summed E-state index contributed by atoms with van der Waals surface area (Å²) in [6.45, 7) is 6.96. The van der Waals surface area contributed by atoms with Crippen molar-refractivity contribution in [1.82, 2.24) is 0 Å². The first-order chi connectivity index (χ1) is 20.2. The summed E-state index contributed by atoms with van der Waals surface area (Å²) in [5, 5.41) is 0. The first-order valence-electron chi connectivity index (χ1n) is 19.1. The third-order valence-electron chi connectivity index (χ3n) is 8.59. The van der Waals surface area contributed by atoms with Crippen LogP contribution in [0.2, 0.25) is 0 Å². The smallest absolute Gasteiger partial charge is 0.0654 e. The van der Waals surface area contributed by atoms with E-state index in [0.717, 1.165) is 0 Å². The maximum absolute atomic E-state index is 2.38. The van der Waals surface area contributed by atoms with Crippen molar-refractivity contribution >= 4 is 57.8 Å². The Morgan fingerprint density at radius 1 is 0.293 bits per heavy atom. The molecule has 0 aromatic rings. The Kier molecular flexibility index (Phi) is 38.0. The third kappa shape index (κ3) is 34.6. The second kappa shape index (κ2) is 36.3. The molecule has 0 bridgehead atoms. The summed E-state index contributed by atoms with van der Waals surface area (Å²) in [7, 11) is 0. The summed E-state index contributed by atoms with van der Waals surface area (Å²) in [5.74, 6) is 4.25. The zero-order valence-corrected chi connectivity index (χ0v) is 37.2. The van der Waals surface area contributed by atoms with Crippen LogP contribution < -0.4 is 0 Å². The van der Waals surface area contributed by atoms with Crippen LogP contribution in [0.15, 0.2) is 0 Å². The van der Waals surface area contributed by atoms with E-state index in [2.05, 4.69) is 56.1 Å². The predicted octanol–water partition coefficient (Wildman–Crippen LogP) is 13.9. The molecule has 0 amide bonds. The second-order valence-electron chi connectivity index (χ2n) is 13.0. The minimum absolute atomic E-state index is 0.583. The molecule has 0 spiro atoms. The minimum atomic E-state index is 0.583. The minimum Gasteiger partial charge on any atom is -0.0654 e. The predicted molar refractivity (Wildman–Crippen MR) is 206 cm³/mol. The fourth-order valence-electron chi connectivity index (χ4n) is 5.67. The fourth-order valence-corrected chi connectivity index (χ4v) is 15.6. The van der Waals surface area contributed by atoms with Gasteiger partial charge in [-0.2, -0.15) is 0 Å². The first kappa shape index (κ1) is 42.8. The van der Waals surface area contributed by atoms with E-state index in [0.29, 0.717) is 24.0 Å². The Balaban J connectivity index is 4.06. The van der Waals surface area contributed by atoms with Crippen molar-refractivity contribution in [2.45, 2.75) is 215 Å². The Morgan fingerprint density at radius 2 is 0.463 bits per heavy atom. The molecule has 41 heavy (non-hydrogen) atoms. The van der Waals surface area contributed by atoms with Crippen LogP contribution in [0.4, 0.5) is 0 Å². The van der Waals surface area contributed by atoms with Crippen LogP contribution in [0, 0.1) is 0 Å². The van der Waals surface area contributed by atoms with Crippen molar-refractivity contribution in [2.24, 2.45) is 0 Å². The van der Waals surface area contributed by atoms with Crippen molar-refractivity contribution in [1.29, 1.82) is 0 Å². The number of hydrogen-bond donors (Lipinski definition) is 0. The van der Waals surface area contributed by atoms with Gasteiger partial charge in [0.25, 0.3) is 0 Å². The zero-order valence-electron chi connectivity index (χ0n) is 29.1. The van der Waals surface area contributed by atoms with Gasteiger partial charge in [-0.3, -0.25) is 0 Å². The van der Waals surface area contributed by atoms with E-state index in [-0.39, 0.29) is 0 Å². The molecule has 0 aliphatic carbocycles. The van der Waals surface area contributed by atoms with Crippen molar-refractivity contribution in [3.63, 3.8) is 0 Å². The fraction of sp³-hybridized carbons (Fsp3) is 1.00. The molecule has 4 heteroatoms. The Bertz CT molecular complexity index is 409. The molecule has 0 radical (unpaired) electrons. The van der Waals surface area contributed by atoms with Crippen molar-refractivity contribution in [2.75, 3.05) is 17.3 Å². The van der Waals surface area contributed by atoms with Gasteiger partial charge in [0.2, 0.25) is 0 Å². The van der Waals surface area contributed by atoms with Crippen molar-refractivity contribution < 1.29 is 0 Å². The normalized spacial score (nSPS) is 12.1. The molecular weight excluding hydrogens is 659 g/mol. The average molecular weight is 738 g/mol. The average Bonchev–Trinajstić information content (AvgIpc) is 2.97. The molecular formula is C37H78S3Sn. The zero-order chi connectivity index (χ0) is 30.0. The monoisotopic (exact) mass is 738 g/mol. The Morgan fingerprint density at radius 3 is 0.659 bits per heavy atom. The standard InChI is InChI=1S/C37H75S3.Sn.3H/c1-4-7-10-13-16-19-22-25-28-31-34-38-37(39-35-32-29-26-23-20-17-14-11-8-5-2)40-36-33-30-27-24-21-18-15-12-9-6-3;;;;/h4-36H2,1-3H3;;;;. The Hall–Kier alpha value is 1.85. The summed E-state index contributed by atoms with van der Waals surface area (Å²) < 4.78 is 0.583. The molecule has 0 aromatic carbocycles. The van der Waals surface area contributed by atoms with Gasteiger partial charge in [-0.1, -0.05) is 40.0 Å². The van der Waals surface area contributed by atoms with Gasteiger partial charge in [0.1, 0.15) is 0 Å². The summed E-state index contributed by atoms with van der Waals surface area (Å²) in [4.78, 5) is 0. The van der Waals surface area contributed by atoms with Gasteiger partial charge in [-0.25, -0.2) is 0 Å². The Labute approximate surface area is 287 Å². The van der Waals surface area contributed by atoms with E-state index in [4.69, 9.17) is 0 Å². The van der Waals surface area contributed by atoms with Crippen LogP contribution in [0.1, 0.15) is 213 Å². The van der Waals surface area contributed by atoms with Gasteiger partial charge in [0, 0.05) is 0 Å². The van der Waals surface area contributed by atoms with Gasteiger partial charge >= 0.3 is 250 Å². The SMILES string of the molecule is CCCCCCCCCCCCS[C]([SnH3])(SCCCCCCCCCCCC)SCCCCCCCCCCCC. The third-order valence-corrected chi connectivity index (χ3v) is 21.2. The van der Waals surface area contributed by atoms with E-state index in [1.165, 1.54) is 210 Å². The van der Waals surface area contributed by atoms with Crippen LogP contribution in [-0.2, 0) is 0 Å². The van der Waals surface area contributed by atoms with Crippen molar-refractivity contribution in [3.05, 3.63) is 0 Å². The molecule has 0 rings (SSSR count). The molecule has 0 N–H and O–H groups in total. The molecule has 0 nitrogen and oxygen atoms in total. The van der Waals surface area contributed by atoms with Crippen molar-refractivity contribution in [3.8, 4) is 0 Å². The molecule has 0 unspecified atom stereocenters. The first-order valence-corrected chi connectivity index (χ1v) is 24.9. The van der Waals surface area contributed by atoms with Crippen LogP contribution in [-0.4, -0.2) is 41.2 Å². The summed E-state index contributed by atoms with van der Waals surface area (Å²) in [5.41, 5.74) is 0. The summed E-state index contributed by atoms with van der Waals surface area (Å²) in [6, 6.07) is 0. The van der Waals surface area contributed by atoms with Crippen LogP contribution in [0.25, 0.3) is 0 Å². The molecule has 0 atom stereocenters. The van der Waals surface area contributed by atoms with Gasteiger partial charge in [0.15, 0.2) is 0 Å². The molecule has 0 saturated carbocycles. The summed E-state index contributed by atoms with van der Waals surface area (Å²) >= 11 is 7.83. The van der Waals surface area contributed by atoms with Crippen LogP contribution >= 0.6 is 35.3 Å². The molecule has 0 aliphatic heterocycles. The topological polar surface area (TPSA) is 0 Å². The second-order valence-corrected chi connectivity index (χ2v) is 28.8. The van der Waals surface area contributed by atoms with Gasteiger partial charge < -0.3 is 0 Å². The molecule has 248 valence electrons. The molecule has 0 aliphatic rings. The molecule has 0 saturated heterocycles. The number of hydrogen-bond acceptors (Lipinski definition) is 3. The molecule has 0 fully saturated rings. The number of rotatable bonds is 36. The number of unbranched alkanes of at least 4 members (excludes halogenated alkanes) is 27. The summed E-state index contributed by atoms with van der Waals surface area (Å²) in [6.07, 6.45) is 43.8. The van der Waals surface area contributed by atoms with Crippen LogP contribution in [0.3, 0.4) is 0 Å². The number of thioether (sulfide) groups is 3. The molecule has 0 aromatic heterocycles. The van der Waals surface area contributed by atoms with E-state index in [1.54, 1.807) is 0 Å². The quantitative estimate of drug-likeness (QED) is 0.0357. The van der Waals surface area contributed by atoms with E-state index < -0.39 is 0 Å². The van der Waals surface area contributed by atoms with E-state index in [9.17, 15) is 0 Å². The maximum atomic E-state index is 2.38. The molecule has 0 heterocycles. The van der Waals surface area contributed by atoms with Gasteiger partial charge in [-0.15, -0.1) is 0 Å². The van der Waals surface area contributed by atoms with Crippen LogP contribution in [0.5, 0.6) is 0 Å². The van der Waals surface area contributed by atoms with E-state index >= 15 is 0 Å². The van der Waals surface area contributed by atoms with Gasteiger partial charge in [-0.05, 0) is 0 Å². The van der Waals surface area contributed by atoms with E-state index in [1.807, 2.05) is 0 Å². The van der Waals surface area contributed by atoms with Gasteiger partial charge in [0.05, 0.1) is 0 Å².